The van der Waals surface area contributed by atoms with Crippen LogP contribution in [0.5, 0.6) is 5.75 Å². The molecule has 0 amide bonds. The van der Waals surface area contributed by atoms with E-state index in [1.54, 1.807) is 0 Å². The molecule has 0 aliphatic heterocycles. The molecule has 0 bridgehead atoms. The normalized spacial score (nSPS) is 16.4. The topological polar surface area (TPSA) is 23.5 Å². The molecule has 3 aromatic rings. The number of aromatic hydroxyl groups is 1. The third kappa shape index (κ3) is 3.81. The highest BCUT2D eigenvalue weighted by molar-refractivity contribution is 5.41. The van der Waals surface area contributed by atoms with Crippen LogP contribution in [0.25, 0.3) is 0 Å². The zero-order valence-electron chi connectivity index (χ0n) is 15.0. The van der Waals surface area contributed by atoms with E-state index in [9.17, 15) is 5.11 Å². The van der Waals surface area contributed by atoms with E-state index in [1.807, 2.05) is 12.1 Å². The second-order valence-corrected chi connectivity index (χ2v) is 7.19. The van der Waals surface area contributed by atoms with Crippen molar-refractivity contribution in [2.45, 2.75) is 38.4 Å². The van der Waals surface area contributed by atoms with Crippen LogP contribution in [0.2, 0.25) is 0 Å². The molecule has 0 aromatic heterocycles. The molecule has 1 N–H and O–H groups in total. The summed E-state index contributed by atoms with van der Waals surface area (Å²) in [4.78, 5) is 2.59. The Morgan fingerprint density at radius 1 is 0.769 bits per heavy atom. The minimum absolute atomic E-state index is 0.457. The van der Waals surface area contributed by atoms with Crippen molar-refractivity contribution in [1.82, 2.24) is 4.90 Å². The highest BCUT2D eigenvalue weighted by Gasteiger charge is 2.26. The van der Waals surface area contributed by atoms with Crippen molar-refractivity contribution >= 4 is 0 Å². The van der Waals surface area contributed by atoms with Gasteiger partial charge in [-0.1, -0.05) is 72.8 Å². The van der Waals surface area contributed by atoms with Gasteiger partial charge in [0.15, 0.2) is 0 Å². The first-order valence-electron chi connectivity index (χ1n) is 9.41. The van der Waals surface area contributed by atoms with Gasteiger partial charge < -0.3 is 5.11 Å². The molecule has 4 rings (SSSR count). The Kier molecular flexibility index (Phi) is 5.03. The summed E-state index contributed by atoms with van der Waals surface area (Å²) in [6.07, 6.45) is 3.04. The molecule has 0 fully saturated rings. The summed E-state index contributed by atoms with van der Waals surface area (Å²) in [5.74, 6) is 0.457. The van der Waals surface area contributed by atoms with Crippen LogP contribution in [0.3, 0.4) is 0 Å². The molecule has 2 nitrogen and oxygen atoms in total. The van der Waals surface area contributed by atoms with Crippen molar-refractivity contribution in [2.75, 3.05) is 0 Å². The second kappa shape index (κ2) is 7.76. The SMILES string of the molecule is Oc1cccc2c1CC[C@@H](N(Cc1ccccc1)Cc1ccccc1)C2. The smallest absolute Gasteiger partial charge is 0.119 e. The highest BCUT2D eigenvalue weighted by Crippen LogP contribution is 2.31. The lowest BCUT2D eigenvalue weighted by Crippen LogP contribution is -2.38. The van der Waals surface area contributed by atoms with Crippen molar-refractivity contribution in [3.05, 3.63) is 101 Å². The van der Waals surface area contributed by atoms with Crippen LogP contribution < -0.4 is 0 Å². The average Bonchev–Trinajstić information content (AvgIpc) is 2.69. The van der Waals surface area contributed by atoms with Gasteiger partial charge in [-0.05, 0) is 47.6 Å². The third-order valence-corrected chi connectivity index (χ3v) is 5.40. The van der Waals surface area contributed by atoms with Crippen molar-refractivity contribution in [1.29, 1.82) is 0 Å². The molecule has 0 saturated heterocycles. The van der Waals surface area contributed by atoms with E-state index in [0.717, 1.165) is 37.9 Å². The molecule has 2 heteroatoms. The monoisotopic (exact) mass is 343 g/mol. The fourth-order valence-corrected chi connectivity index (χ4v) is 4.03. The van der Waals surface area contributed by atoms with Crippen molar-refractivity contribution in [3.63, 3.8) is 0 Å². The van der Waals surface area contributed by atoms with E-state index >= 15 is 0 Å². The third-order valence-electron chi connectivity index (χ3n) is 5.40. The maximum atomic E-state index is 10.1. The van der Waals surface area contributed by atoms with E-state index in [0.29, 0.717) is 11.8 Å². The maximum absolute atomic E-state index is 10.1. The number of phenols is 1. The maximum Gasteiger partial charge on any atom is 0.119 e. The molecule has 0 heterocycles. The molecule has 1 aliphatic rings. The Labute approximate surface area is 155 Å². The molecule has 132 valence electrons. The van der Waals surface area contributed by atoms with Gasteiger partial charge in [0, 0.05) is 19.1 Å². The van der Waals surface area contributed by atoms with E-state index in [1.165, 1.54) is 16.7 Å². The van der Waals surface area contributed by atoms with Crippen LogP contribution in [-0.4, -0.2) is 16.0 Å². The molecule has 0 spiro atoms. The lowest BCUT2D eigenvalue weighted by molar-refractivity contribution is 0.162. The van der Waals surface area contributed by atoms with E-state index in [2.05, 4.69) is 71.6 Å². The van der Waals surface area contributed by atoms with Crippen molar-refractivity contribution in [2.24, 2.45) is 0 Å². The fourth-order valence-electron chi connectivity index (χ4n) is 4.03. The average molecular weight is 343 g/mol. The Morgan fingerprint density at radius 3 is 2.00 bits per heavy atom. The Bertz CT molecular complexity index is 803. The Balaban J connectivity index is 1.58. The number of benzene rings is 3. The molecule has 0 unspecified atom stereocenters. The van der Waals surface area contributed by atoms with E-state index < -0.39 is 0 Å². The summed E-state index contributed by atoms with van der Waals surface area (Å²) in [6, 6.07) is 27.9. The van der Waals surface area contributed by atoms with Crippen molar-refractivity contribution < 1.29 is 5.11 Å². The highest BCUT2D eigenvalue weighted by atomic mass is 16.3. The fraction of sp³-hybridized carbons (Fsp3) is 0.250. The number of rotatable bonds is 5. The van der Waals surface area contributed by atoms with Crippen LogP contribution in [0.4, 0.5) is 0 Å². The predicted octanol–water partition coefficient (Wildman–Crippen LogP) is 4.95. The van der Waals surface area contributed by atoms with Crippen LogP contribution >= 0.6 is 0 Å². The minimum Gasteiger partial charge on any atom is -0.508 e. The van der Waals surface area contributed by atoms with Crippen LogP contribution in [0.1, 0.15) is 28.7 Å². The Morgan fingerprint density at radius 2 is 1.38 bits per heavy atom. The number of hydrogen-bond donors (Lipinski definition) is 1. The minimum atomic E-state index is 0.457. The summed E-state index contributed by atoms with van der Waals surface area (Å²) >= 11 is 0. The van der Waals surface area contributed by atoms with Gasteiger partial charge in [-0.25, -0.2) is 0 Å². The molecule has 0 radical (unpaired) electrons. The predicted molar refractivity (Wildman–Crippen MR) is 106 cm³/mol. The second-order valence-electron chi connectivity index (χ2n) is 7.19. The summed E-state index contributed by atoms with van der Waals surface area (Å²) < 4.78 is 0. The summed E-state index contributed by atoms with van der Waals surface area (Å²) in [7, 11) is 0. The summed E-state index contributed by atoms with van der Waals surface area (Å²) in [5.41, 5.74) is 5.14. The first kappa shape index (κ1) is 16.9. The molecular weight excluding hydrogens is 318 g/mol. The lowest BCUT2D eigenvalue weighted by atomic mass is 9.86. The molecule has 26 heavy (non-hydrogen) atoms. The van der Waals surface area contributed by atoms with Gasteiger partial charge in [0.1, 0.15) is 5.75 Å². The first-order valence-corrected chi connectivity index (χ1v) is 9.41. The van der Waals surface area contributed by atoms with Crippen LogP contribution in [0.15, 0.2) is 78.9 Å². The number of nitrogens with zero attached hydrogens (tertiary/aromatic N) is 1. The first-order chi connectivity index (χ1) is 12.8. The summed E-state index contributed by atoms with van der Waals surface area (Å²) in [5, 5.41) is 10.1. The molecule has 1 aliphatic carbocycles. The number of phenolic OH excluding ortho intramolecular Hbond substituents is 1. The summed E-state index contributed by atoms with van der Waals surface area (Å²) in [6.45, 7) is 1.91. The van der Waals surface area contributed by atoms with Gasteiger partial charge >= 0.3 is 0 Å². The van der Waals surface area contributed by atoms with Crippen molar-refractivity contribution in [3.8, 4) is 5.75 Å². The number of hydrogen-bond acceptors (Lipinski definition) is 2. The molecule has 3 aromatic carbocycles. The van der Waals surface area contributed by atoms with Gasteiger partial charge in [0.05, 0.1) is 0 Å². The van der Waals surface area contributed by atoms with Gasteiger partial charge in [0.2, 0.25) is 0 Å². The zero-order chi connectivity index (χ0) is 17.8. The number of fused-ring (bicyclic) bond motifs is 1. The molecule has 1 atom stereocenters. The quantitative estimate of drug-likeness (QED) is 0.708. The zero-order valence-corrected chi connectivity index (χ0v) is 15.0. The van der Waals surface area contributed by atoms with Crippen LogP contribution in [-0.2, 0) is 25.9 Å². The van der Waals surface area contributed by atoms with Gasteiger partial charge in [-0.2, -0.15) is 0 Å². The Hall–Kier alpha value is -2.58. The van der Waals surface area contributed by atoms with E-state index in [-0.39, 0.29) is 0 Å². The lowest BCUT2D eigenvalue weighted by Gasteiger charge is -2.35. The van der Waals surface area contributed by atoms with Gasteiger partial charge in [0.25, 0.3) is 0 Å². The largest absolute Gasteiger partial charge is 0.508 e. The van der Waals surface area contributed by atoms with Gasteiger partial charge in [-0.15, -0.1) is 0 Å². The standard InChI is InChI=1S/C24H25NO/c26-24-13-7-12-21-16-22(14-15-23(21)24)25(17-19-8-3-1-4-9-19)18-20-10-5-2-6-11-20/h1-13,22,26H,14-18H2/t22-/m1/s1. The van der Waals surface area contributed by atoms with Crippen LogP contribution in [0, 0.1) is 0 Å². The molecule has 0 saturated carbocycles. The molecular formula is C24H25NO. The van der Waals surface area contributed by atoms with E-state index in [4.69, 9.17) is 0 Å². The van der Waals surface area contributed by atoms with Gasteiger partial charge in [-0.3, -0.25) is 4.90 Å².